The third-order valence-corrected chi connectivity index (χ3v) is 1.98. The highest BCUT2D eigenvalue weighted by molar-refractivity contribution is 7.57. The van der Waals surface area contributed by atoms with E-state index in [1.165, 1.54) is 27.2 Å². The average molecular weight is 204 g/mol. The van der Waals surface area contributed by atoms with Crippen LogP contribution in [0.25, 0.3) is 0 Å². The van der Waals surface area contributed by atoms with E-state index in [-0.39, 0.29) is 0 Å². The first-order valence-electron chi connectivity index (χ1n) is 3.64. The van der Waals surface area contributed by atoms with Gasteiger partial charge in [0.15, 0.2) is 7.37 Å². The molecule has 0 bridgehead atoms. The fourth-order valence-corrected chi connectivity index (χ4v) is 1.80. The molecule has 0 aliphatic heterocycles. The smallest absolute Gasteiger partial charge is 0.348 e. The minimum Gasteiger partial charge on any atom is -0.478 e. The Hall–Kier alpha value is -0.780. The summed E-state index contributed by atoms with van der Waals surface area (Å²) in [4.78, 5) is 10.7. The van der Waals surface area contributed by atoms with E-state index in [0.29, 0.717) is 0 Å². The summed E-state index contributed by atoms with van der Waals surface area (Å²) >= 11 is 0. The van der Waals surface area contributed by atoms with Crippen molar-refractivity contribution in [2.75, 3.05) is 13.3 Å². The fraction of sp³-hybridized carbons (Fsp3) is 0.625. The predicted molar refractivity (Wildman–Crippen MR) is 50.0 cm³/mol. The van der Waals surface area contributed by atoms with Gasteiger partial charge in [-0.15, -0.1) is 5.92 Å². The van der Waals surface area contributed by atoms with Gasteiger partial charge in [0, 0.05) is 13.3 Å². The Morgan fingerprint density at radius 3 is 2.23 bits per heavy atom. The molecule has 0 saturated heterocycles. The molecule has 1 unspecified atom stereocenters. The molecule has 0 aromatic carbocycles. The van der Waals surface area contributed by atoms with Crippen molar-refractivity contribution in [3.05, 3.63) is 0 Å². The second kappa shape index (κ2) is 3.95. The van der Waals surface area contributed by atoms with Crippen LogP contribution < -0.4 is 0 Å². The normalized spacial score (nSPS) is 15.4. The summed E-state index contributed by atoms with van der Waals surface area (Å²) in [5.41, 5.74) is -1.67. The highest BCUT2D eigenvalue weighted by atomic mass is 31.2. The molecule has 1 atom stereocenters. The molecule has 0 aromatic rings. The SMILES string of the molecule is CC#CC(C)(OP(C)(C)=O)C(=O)O. The summed E-state index contributed by atoms with van der Waals surface area (Å²) < 4.78 is 16.2. The maximum atomic E-state index is 11.3. The second-order valence-electron chi connectivity index (χ2n) is 3.06. The highest BCUT2D eigenvalue weighted by Crippen LogP contribution is 2.42. The van der Waals surface area contributed by atoms with Crippen LogP contribution in [0, 0.1) is 11.8 Å². The Balaban J connectivity index is 4.90. The van der Waals surface area contributed by atoms with Crippen molar-refractivity contribution in [2.24, 2.45) is 0 Å². The molecule has 0 saturated carbocycles. The van der Waals surface area contributed by atoms with Crippen molar-refractivity contribution in [3.63, 3.8) is 0 Å². The summed E-state index contributed by atoms with van der Waals surface area (Å²) in [7, 11) is -2.85. The number of carboxylic acids is 1. The fourth-order valence-electron chi connectivity index (χ4n) is 0.794. The van der Waals surface area contributed by atoms with Gasteiger partial charge >= 0.3 is 5.97 Å². The van der Waals surface area contributed by atoms with E-state index in [4.69, 9.17) is 9.63 Å². The van der Waals surface area contributed by atoms with E-state index >= 15 is 0 Å². The maximum Gasteiger partial charge on any atom is 0.348 e. The van der Waals surface area contributed by atoms with E-state index < -0.39 is 18.9 Å². The molecule has 5 heteroatoms. The van der Waals surface area contributed by atoms with Crippen LogP contribution in [-0.2, 0) is 13.9 Å². The van der Waals surface area contributed by atoms with Gasteiger partial charge in [0.25, 0.3) is 0 Å². The number of aliphatic carboxylic acids is 1. The van der Waals surface area contributed by atoms with E-state index in [1.54, 1.807) is 0 Å². The molecule has 13 heavy (non-hydrogen) atoms. The molecule has 0 aromatic heterocycles. The van der Waals surface area contributed by atoms with Crippen molar-refractivity contribution >= 4 is 13.3 Å². The van der Waals surface area contributed by atoms with Crippen LogP contribution in [0.1, 0.15) is 13.8 Å². The molecule has 0 aliphatic rings. The molecule has 0 heterocycles. The molecular formula is C8H13O4P. The van der Waals surface area contributed by atoms with Gasteiger partial charge in [-0.3, -0.25) is 9.09 Å². The van der Waals surface area contributed by atoms with Crippen molar-refractivity contribution in [1.29, 1.82) is 0 Å². The van der Waals surface area contributed by atoms with E-state index in [9.17, 15) is 9.36 Å². The van der Waals surface area contributed by atoms with Crippen molar-refractivity contribution < 1.29 is 19.0 Å². The van der Waals surface area contributed by atoms with Crippen LogP contribution in [0.15, 0.2) is 0 Å². The maximum absolute atomic E-state index is 11.3. The van der Waals surface area contributed by atoms with Crippen LogP contribution in [0.4, 0.5) is 0 Å². The first-order chi connectivity index (χ1) is 5.71. The lowest BCUT2D eigenvalue weighted by molar-refractivity contribution is -0.148. The number of hydrogen-bond donors (Lipinski definition) is 1. The van der Waals surface area contributed by atoms with Gasteiger partial charge in [0.2, 0.25) is 5.60 Å². The second-order valence-corrected chi connectivity index (χ2v) is 5.74. The number of rotatable bonds is 3. The lowest BCUT2D eigenvalue weighted by Gasteiger charge is -2.21. The summed E-state index contributed by atoms with van der Waals surface area (Å²) in [5.74, 6) is 3.58. The predicted octanol–water partition coefficient (Wildman–Crippen LogP) is 1.41. The third kappa shape index (κ3) is 4.12. The zero-order chi connectivity index (χ0) is 10.7. The summed E-state index contributed by atoms with van der Waals surface area (Å²) in [6.07, 6.45) is 0. The minimum atomic E-state index is -2.85. The van der Waals surface area contributed by atoms with Crippen LogP contribution in [-0.4, -0.2) is 30.0 Å². The summed E-state index contributed by atoms with van der Waals surface area (Å²) in [6, 6.07) is 0. The molecule has 4 nitrogen and oxygen atoms in total. The van der Waals surface area contributed by atoms with Crippen LogP contribution >= 0.6 is 7.37 Å². The molecule has 0 rings (SSSR count). The molecular weight excluding hydrogens is 191 g/mol. The molecule has 0 spiro atoms. The Morgan fingerprint density at radius 2 is 2.00 bits per heavy atom. The monoisotopic (exact) mass is 204 g/mol. The minimum absolute atomic E-state index is 1.23. The van der Waals surface area contributed by atoms with Crippen molar-refractivity contribution in [1.82, 2.24) is 0 Å². The Morgan fingerprint density at radius 1 is 1.54 bits per heavy atom. The molecule has 0 fully saturated rings. The zero-order valence-electron chi connectivity index (χ0n) is 8.12. The first kappa shape index (κ1) is 12.2. The van der Waals surface area contributed by atoms with Crippen LogP contribution in [0.3, 0.4) is 0 Å². The van der Waals surface area contributed by atoms with Gasteiger partial charge in [0.05, 0.1) is 0 Å². The van der Waals surface area contributed by atoms with E-state index in [0.717, 1.165) is 0 Å². The van der Waals surface area contributed by atoms with Crippen molar-refractivity contribution in [2.45, 2.75) is 19.4 Å². The number of hydrogen-bond acceptors (Lipinski definition) is 3. The molecule has 0 aliphatic carbocycles. The highest BCUT2D eigenvalue weighted by Gasteiger charge is 2.36. The van der Waals surface area contributed by atoms with Gasteiger partial charge in [-0.2, -0.15) is 0 Å². The van der Waals surface area contributed by atoms with E-state index in [2.05, 4.69) is 11.8 Å². The van der Waals surface area contributed by atoms with Gasteiger partial charge in [-0.25, -0.2) is 4.79 Å². The largest absolute Gasteiger partial charge is 0.478 e. The number of carboxylic acid groups (broad SMARTS) is 1. The molecule has 74 valence electrons. The summed E-state index contributed by atoms with van der Waals surface area (Å²) in [6.45, 7) is 5.49. The van der Waals surface area contributed by atoms with Crippen molar-refractivity contribution in [3.8, 4) is 11.8 Å². The first-order valence-corrected chi connectivity index (χ1v) is 6.16. The quantitative estimate of drug-likeness (QED) is 0.557. The standard InChI is InChI=1S/C8H13O4P/c1-5-6-8(2,7(9)10)12-13(3,4)11/h1-4H3,(H,9,10). The zero-order valence-corrected chi connectivity index (χ0v) is 9.01. The lowest BCUT2D eigenvalue weighted by atomic mass is 10.1. The lowest BCUT2D eigenvalue weighted by Crippen LogP contribution is -2.35. The molecule has 0 amide bonds. The third-order valence-electron chi connectivity index (χ3n) is 1.17. The molecule has 0 radical (unpaired) electrons. The summed E-state index contributed by atoms with van der Waals surface area (Å²) in [5, 5.41) is 8.78. The van der Waals surface area contributed by atoms with Crippen LogP contribution in [0.2, 0.25) is 0 Å². The molecule has 1 N–H and O–H groups in total. The Bertz CT molecular complexity index is 306. The van der Waals surface area contributed by atoms with E-state index in [1.807, 2.05) is 0 Å². The van der Waals surface area contributed by atoms with Gasteiger partial charge in [-0.1, -0.05) is 5.92 Å². The Labute approximate surface area is 77.7 Å². The average Bonchev–Trinajstić information content (AvgIpc) is 1.82. The van der Waals surface area contributed by atoms with Crippen LogP contribution in [0.5, 0.6) is 0 Å². The topological polar surface area (TPSA) is 63.6 Å². The van der Waals surface area contributed by atoms with Gasteiger partial charge in [0.1, 0.15) is 0 Å². The van der Waals surface area contributed by atoms with Gasteiger partial charge < -0.3 is 5.11 Å². The Kier molecular flexibility index (Phi) is 3.71. The van der Waals surface area contributed by atoms with Gasteiger partial charge in [-0.05, 0) is 13.8 Å². The number of carbonyl (C=O) groups is 1.